The zero-order valence-electron chi connectivity index (χ0n) is 14.8. The van der Waals surface area contributed by atoms with Gasteiger partial charge in [-0.25, -0.2) is 4.98 Å². The number of halogens is 1. The van der Waals surface area contributed by atoms with Gasteiger partial charge in [-0.1, -0.05) is 0 Å². The molecule has 4 rings (SSSR count). The van der Waals surface area contributed by atoms with Gasteiger partial charge in [-0.3, -0.25) is 9.52 Å². The van der Waals surface area contributed by atoms with Crippen LogP contribution in [0.25, 0.3) is 10.1 Å². The molecule has 3 aromatic rings. The number of pyridine rings is 1. The number of piperidine rings is 1. The second-order valence-electron chi connectivity index (χ2n) is 6.50. The molecule has 0 bridgehead atoms. The second kappa shape index (κ2) is 7.91. The highest BCUT2D eigenvalue weighted by molar-refractivity contribution is 14.1. The topological polar surface area (TPSA) is 92.3 Å². The lowest BCUT2D eigenvalue weighted by molar-refractivity contribution is 0.0725. The molecule has 0 unspecified atom stereocenters. The molecule has 0 aliphatic carbocycles. The average molecular weight is 528 g/mol. The van der Waals surface area contributed by atoms with Gasteiger partial charge in [0.2, 0.25) is 0 Å². The van der Waals surface area contributed by atoms with Crippen molar-refractivity contribution in [3.8, 4) is 0 Å². The summed E-state index contributed by atoms with van der Waals surface area (Å²) >= 11 is 3.30. The zero-order valence-corrected chi connectivity index (χ0v) is 18.6. The largest absolute Gasteiger partial charge is 0.339 e. The summed E-state index contributed by atoms with van der Waals surface area (Å²) in [6.45, 7) is 1.39. The summed E-state index contributed by atoms with van der Waals surface area (Å²) in [5.74, 6) is -0.155. The number of amides is 1. The van der Waals surface area contributed by atoms with Gasteiger partial charge >= 0.3 is 0 Å². The van der Waals surface area contributed by atoms with E-state index in [9.17, 15) is 13.2 Å². The number of hydrogen-bond acceptors (Lipinski definition) is 6. The maximum atomic E-state index is 13.1. The van der Waals surface area contributed by atoms with Crippen LogP contribution in [0.4, 0.5) is 5.69 Å². The predicted octanol–water partition coefficient (Wildman–Crippen LogP) is 3.72. The molecular weight excluding hydrogens is 511 g/mol. The number of anilines is 1. The molecule has 7 nitrogen and oxygen atoms in total. The minimum Gasteiger partial charge on any atom is -0.339 e. The molecule has 146 valence electrons. The van der Waals surface area contributed by atoms with Crippen molar-refractivity contribution in [2.24, 2.45) is 0 Å². The Balaban J connectivity index is 1.72. The standard InChI is InChI=1S/C18H17IN4O3S2/c19-12-4-5-13(18(24)23-8-2-1-3-9-23)15(10-12)22-28(25,26)17-14-11-21-27-16(14)6-7-20-17/h4-7,10-11,22H,1-3,8-9H2. The molecular formula is C18H17IN4O3S2. The van der Waals surface area contributed by atoms with Crippen LogP contribution >= 0.6 is 34.1 Å². The van der Waals surface area contributed by atoms with Crippen LogP contribution in [0.2, 0.25) is 0 Å². The molecule has 1 aromatic carbocycles. The molecule has 10 heteroatoms. The third-order valence-corrected chi connectivity index (χ3v) is 7.36. The van der Waals surface area contributed by atoms with Gasteiger partial charge in [-0.15, -0.1) is 0 Å². The first-order valence-electron chi connectivity index (χ1n) is 8.77. The lowest BCUT2D eigenvalue weighted by Crippen LogP contribution is -2.36. The maximum absolute atomic E-state index is 13.1. The van der Waals surface area contributed by atoms with E-state index in [0.29, 0.717) is 24.0 Å². The number of benzene rings is 1. The lowest BCUT2D eigenvalue weighted by atomic mass is 10.1. The van der Waals surface area contributed by atoms with Gasteiger partial charge in [0.1, 0.15) is 0 Å². The summed E-state index contributed by atoms with van der Waals surface area (Å²) in [6, 6.07) is 6.87. The smallest absolute Gasteiger partial charge is 0.280 e. The highest BCUT2D eigenvalue weighted by Crippen LogP contribution is 2.28. The van der Waals surface area contributed by atoms with Crippen molar-refractivity contribution in [2.75, 3.05) is 17.8 Å². The fraction of sp³-hybridized carbons (Fsp3) is 0.278. The van der Waals surface area contributed by atoms with Crippen molar-refractivity contribution in [1.29, 1.82) is 0 Å². The van der Waals surface area contributed by atoms with Crippen molar-refractivity contribution in [3.05, 3.63) is 45.8 Å². The van der Waals surface area contributed by atoms with E-state index >= 15 is 0 Å². The molecule has 1 amide bonds. The average Bonchev–Trinajstić information content (AvgIpc) is 3.16. The Bertz CT molecular complexity index is 1140. The van der Waals surface area contributed by atoms with Gasteiger partial charge < -0.3 is 4.90 Å². The van der Waals surface area contributed by atoms with Crippen LogP contribution in [0.5, 0.6) is 0 Å². The van der Waals surface area contributed by atoms with E-state index in [1.165, 1.54) is 23.9 Å². The van der Waals surface area contributed by atoms with Crippen LogP contribution in [0.15, 0.2) is 41.7 Å². The summed E-state index contributed by atoms with van der Waals surface area (Å²) < 4.78 is 34.3. The van der Waals surface area contributed by atoms with Gasteiger partial charge in [-0.2, -0.15) is 12.8 Å². The Morgan fingerprint density at radius 2 is 1.96 bits per heavy atom. The van der Waals surface area contributed by atoms with Gasteiger partial charge in [-0.05, 0) is 77.7 Å². The van der Waals surface area contributed by atoms with E-state index in [1.54, 1.807) is 29.2 Å². The highest BCUT2D eigenvalue weighted by Gasteiger charge is 2.25. The normalized spacial score (nSPS) is 15.0. The van der Waals surface area contributed by atoms with Crippen LogP contribution in [0, 0.1) is 3.57 Å². The van der Waals surface area contributed by atoms with Crippen molar-refractivity contribution in [3.63, 3.8) is 0 Å². The highest BCUT2D eigenvalue weighted by atomic mass is 127. The molecule has 0 saturated carbocycles. The molecule has 0 spiro atoms. The maximum Gasteiger partial charge on any atom is 0.280 e. The Kier molecular flexibility index (Phi) is 5.52. The second-order valence-corrected chi connectivity index (χ2v) is 10.2. The van der Waals surface area contributed by atoms with Crippen LogP contribution in [0.3, 0.4) is 0 Å². The summed E-state index contributed by atoms with van der Waals surface area (Å²) in [7, 11) is -3.98. The Labute approximate surface area is 180 Å². The molecule has 1 N–H and O–H groups in total. The van der Waals surface area contributed by atoms with Crippen LogP contribution in [0.1, 0.15) is 29.6 Å². The first-order chi connectivity index (χ1) is 13.5. The van der Waals surface area contributed by atoms with E-state index in [0.717, 1.165) is 27.5 Å². The molecule has 2 aromatic heterocycles. The fourth-order valence-corrected chi connectivity index (χ4v) is 5.64. The third-order valence-electron chi connectivity index (χ3n) is 4.60. The van der Waals surface area contributed by atoms with E-state index < -0.39 is 10.0 Å². The van der Waals surface area contributed by atoms with Gasteiger partial charge in [0.05, 0.1) is 27.5 Å². The SMILES string of the molecule is O=C(c1ccc(I)cc1NS(=O)(=O)c1nccc2sncc12)N1CCCCC1. The number of aromatic nitrogens is 2. The molecule has 1 saturated heterocycles. The predicted molar refractivity (Wildman–Crippen MR) is 117 cm³/mol. The van der Waals surface area contributed by atoms with Gasteiger partial charge in [0.15, 0.2) is 5.03 Å². The van der Waals surface area contributed by atoms with Crippen molar-refractivity contribution in [1.82, 2.24) is 14.3 Å². The minimum absolute atomic E-state index is 0.0889. The van der Waals surface area contributed by atoms with Crippen LogP contribution in [-0.2, 0) is 10.0 Å². The number of carbonyl (C=O) groups is 1. The molecule has 0 radical (unpaired) electrons. The van der Waals surface area contributed by atoms with Gasteiger partial charge in [0.25, 0.3) is 15.9 Å². The van der Waals surface area contributed by atoms with E-state index in [-0.39, 0.29) is 16.6 Å². The first-order valence-corrected chi connectivity index (χ1v) is 12.1. The fourth-order valence-electron chi connectivity index (χ4n) is 3.23. The molecule has 28 heavy (non-hydrogen) atoms. The third kappa shape index (κ3) is 3.85. The van der Waals surface area contributed by atoms with Gasteiger partial charge in [0, 0.05) is 22.9 Å². The molecule has 0 atom stereocenters. The van der Waals surface area contributed by atoms with Crippen molar-refractivity contribution in [2.45, 2.75) is 24.3 Å². The van der Waals surface area contributed by atoms with Crippen molar-refractivity contribution >= 4 is 65.8 Å². The Hall–Kier alpha value is -1.79. The van der Waals surface area contributed by atoms with Crippen molar-refractivity contribution < 1.29 is 13.2 Å². The lowest BCUT2D eigenvalue weighted by Gasteiger charge is -2.27. The summed E-state index contributed by atoms with van der Waals surface area (Å²) in [4.78, 5) is 18.8. The quantitative estimate of drug-likeness (QED) is 0.522. The molecule has 1 aliphatic heterocycles. The monoisotopic (exact) mass is 528 g/mol. The Morgan fingerprint density at radius 1 is 1.18 bits per heavy atom. The number of likely N-dealkylation sites (tertiary alicyclic amines) is 1. The minimum atomic E-state index is -3.98. The summed E-state index contributed by atoms with van der Waals surface area (Å²) in [5.41, 5.74) is 0.617. The van der Waals surface area contributed by atoms with E-state index in [1.807, 2.05) is 0 Å². The van der Waals surface area contributed by atoms with E-state index in [2.05, 4.69) is 36.7 Å². The number of nitrogens with one attached hydrogen (secondary N) is 1. The number of fused-ring (bicyclic) bond motifs is 1. The molecule has 3 heterocycles. The Morgan fingerprint density at radius 3 is 2.75 bits per heavy atom. The first kappa shape index (κ1) is 19.5. The van der Waals surface area contributed by atoms with Crippen LogP contribution in [-0.4, -0.2) is 41.7 Å². The number of sulfonamides is 1. The number of carbonyl (C=O) groups excluding carboxylic acids is 1. The number of hydrogen-bond donors (Lipinski definition) is 1. The number of nitrogens with zero attached hydrogens (tertiary/aromatic N) is 3. The molecule has 1 fully saturated rings. The molecule has 1 aliphatic rings. The summed E-state index contributed by atoms with van der Waals surface area (Å²) in [6.07, 6.45) is 5.99. The van der Waals surface area contributed by atoms with Crippen LogP contribution < -0.4 is 4.72 Å². The number of rotatable bonds is 4. The zero-order chi connectivity index (χ0) is 19.7. The van der Waals surface area contributed by atoms with E-state index in [4.69, 9.17) is 0 Å². The summed E-state index contributed by atoms with van der Waals surface area (Å²) in [5, 5.41) is 0.378.